The van der Waals surface area contributed by atoms with Crippen molar-refractivity contribution in [2.45, 2.75) is 20.4 Å². The van der Waals surface area contributed by atoms with Crippen LogP contribution >= 0.6 is 11.6 Å². The maximum absolute atomic E-state index is 6.15. The molecule has 0 atom stereocenters. The zero-order valence-electron chi connectivity index (χ0n) is 13.7. The molecule has 0 radical (unpaired) electrons. The number of aromatic nitrogens is 2. The molecular weight excluding hydrogens is 320 g/mol. The van der Waals surface area contributed by atoms with Crippen molar-refractivity contribution in [2.75, 3.05) is 10.6 Å². The lowest BCUT2D eigenvalue weighted by Crippen LogP contribution is -2.05. The van der Waals surface area contributed by atoms with Crippen LogP contribution in [-0.4, -0.2) is 9.97 Å². The van der Waals surface area contributed by atoms with Gasteiger partial charge in [-0.25, -0.2) is 4.98 Å². The standard InChI is InChI=1S/C19H19ClN4/c1-13-6-3-4-7-15(13)12-22-18-10-11-21-19(24-18)23-17-9-5-8-16(20)14(17)2/h3-11H,12H2,1-2H3,(H2,21,22,23,24). The van der Waals surface area contributed by atoms with E-state index in [4.69, 9.17) is 11.6 Å². The molecule has 0 fully saturated rings. The van der Waals surface area contributed by atoms with E-state index in [2.05, 4.69) is 39.7 Å². The lowest BCUT2D eigenvalue weighted by Gasteiger charge is -2.11. The minimum Gasteiger partial charge on any atom is -0.366 e. The fourth-order valence-electron chi connectivity index (χ4n) is 2.37. The van der Waals surface area contributed by atoms with Gasteiger partial charge in [-0.1, -0.05) is 41.9 Å². The number of anilines is 3. The van der Waals surface area contributed by atoms with E-state index in [1.54, 1.807) is 6.20 Å². The Balaban J connectivity index is 1.72. The summed E-state index contributed by atoms with van der Waals surface area (Å²) in [6.07, 6.45) is 1.73. The van der Waals surface area contributed by atoms with Crippen molar-refractivity contribution >= 4 is 29.1 Å². The molecule has 2 aromatic carbocycles. The smallest absolute Gasteiger partial charge is 0.229 e. The molecule has 0 aliphatic heterocycles. The van der Waals surface area contributed by atoms with Gasteiger partial charge in [0, 0.05) is 23.5 Å². The van der Waals surface area contributed by atoms with Crippen LogP contribution in [0, 0.1) is 13.8 Å². The summed E-state index contributed by atoms with van der Waals surface area (Å²) in [5.41, 5.74) is 4.38. The maximum atomic E-state index is 6.15. The number of rotatable bonds is 5. The van der Waals surface area contributed by atoms with E-state index in [0.717, 1.165) is 23.6 Å². The van der Waals surface area contributed by atoms with Gasteiger partial charge >= 0.3 is 0 Å². The van der Waals surface area contributed by atoms with Crippen LogP contribution < -0.4 is 10.6 Å². The van der Waals surface area contributed by atoms with Crippen molar-refractivity contribution in [3.63, 3.8) is 0 Å². The van der Waals surface area contributed by atoms with Gasteiger partial charge in [0.1, 0.15) is 5.82 Å². The average molecular weight is 339 g/mol. The molecule has 5 heteroatoms. The van der Waals surface area contributed by atoms with Crippen LogP contribution in [0.5, 0.6) is 0 Å². The van der Waals surface area contributed by atoms with Gasteiger partial charge in [0.25, 0.3) is 0 Å². The Labute approximate surface area is 146 Å². The number of nitrogens with zero attached hydrogens (tertiary/aromatic N) is 2. The Morgan fingerprint density at radius 1 is 1.00 bits per heavy atom. The molecule has 0 saturated heterocycles. The van der Waals surface area contributed by atoms with Crippen LogP contribution in [0.2, 0.25) is 5.02 Å². The first-order valence-electron chi connectivity index (χ1n) is 7.77. The minimum atomic E-state index is 0.537. The van der Waals surface area contributed by atoms with Crippen LogP contribution in [0.4, 0.5) is 17.5 Å². The largest absolute Gasteiger partial charge is 0.366 e. The molecule has 0 saturated carbocycles. The second-order valence-corrected chi connectivity index (χ2v) is 5.99. The summed E-state index contributed by atoms with van der Waals surface area (Å²) in [5.74, 6) is 1.31. The van der Waals surface area contributed by atoms with Crippen LogP contribution in [0.15, 0.2) is 54.7 Å². The highest BCUT2D eigenvalue weighted by atomic mass is 35.5. The Morgan fingerprint density at radius 2 is 1.83 bits per heavy atom. The monoisotopic (exact) mass is 338 g/mol. The molecule has 122 valence electrons. The third-order valence-electron chi connectivity index (χ3n) is 3.89. The lowest BCUT2D eigenvalue weighted by molar-refractivity contribution is 1.07. The Bertz CT molecular complexity index is 848. The fourth-order valence-corrected chi connectivity index (χ4v) is 2.55. The third kappa shape index (κ3) is 3.84. The highest BCUT2D eigenvalue weighted by molar-refractivity contribution is 6.31. The first kappa shape index (κ1) is 16.3. The number of hydrogen-bond acceptors (Lipinski definition) is 4. The molecule has 0 aliphatic rings. The van der Waals surface area contributed by atoms with Crippen molar-refractivity contribution in [1.29, 1.82) is 0 Å². The van der Waals surface area contributed by atoms with Gasteiger partial charge < -0.3 is 10.6 Å². The Hall–Kier alpha value is -2.59. The zero-order valence-corrected chi connectivity index (χ0v) is 14.4. The molecule has 1 heterocycles. The van der Waals surface area contributed by atoms with Crippen molar-refractivity contribution in [3.8, 4) is 0 Å². The van der Waals surface area contributed by atoms with Gasteiger partial charge in [-0.15, -0.1) is 0 Å². The van der Waals surface area contributed by atoms with Crippen molar-refractivity contribution in [1.82, 2.24) is 9.97 Å². The van der Waals surface area contributed by atoms with E-state index in [1.165, 1.54) is 11.1 Å². The molecule has 24 heavy (non-hydrogen) atoms. The van der Waals surface area contributed by atoms with Gasteiger partial charge in [0.05, 0.1) is 0 Å². The molecule has 4 nitrogen and oxygen atoms in total. The third-order valence-corrected chi connectivity index (χ3v) is 4.30. The molecule has 0 bridgehead atoms. The van der Waals surface area contributed by atoms with Crippen molar-refractivity contribution < 1.29 is 0 Å². The summed E-state index contributed by atoms with van der Waals surface area (Å²) in [4.78, 5) is 8.78. The van der Waals surface area contributed by atoms with Crippen LogP contribution in [-0.2, 0) is 6.54 Å². The highest BCUT2D eigenvalue weighted by Gasteiger charge is 2.05. The predicted octanol–water partition coefficient (Wildman–Crippen LogP) is 5.10. The summed E-state index contributed by atoms with van der Waals surface area (Å²) >= 11 is 6.15. The second-order valence-electron chi connectivity index (χ2n) is 5.58. The van der Waals surface area contributed by atoms with E-state index >= 15 is 0 Å². The van der Waals surface area contributed by atoms with Gasteiger partial charge in [0.2, 0.25) is 5.95 Å². The molecule has 0 unspecified atom stereocenters. The van der Waals surface area contributed by atoms with Crippen molar-refractivity contribution in [2.24, 2.45) is 0 Å². The average Bonchev–Trinajstić information content (AvgIpc) is 2.59. The van der Waals surface area contributed by atoms with E-state index < -0.39 is 0 Å². The predicted molar refractivity (Wildman–Crippen MR) is 100 cm³/mol. The first-order chi connectivity index (χ1) is 11.6. The number of nitrogens with one attached hydrogen (secondary N) is 2. The summed E-state index contributed by atoms with van der Waals surface area (Å²) in [7, 11) is 0. The zero-order chi connectivity index (χ0) is 16.9. The van der Waals surface area contributed by atoms with E-state index in [9.17, 15) is 0 Å². The molecule has 0 amide bonds. The number of benzene rings is 2. The Morgan fingerprint density at radius 3 is 2.67 bits per heavy atom. The maximum Gasteiger partial charge on any atom is 0.229 e. The van der Waals surface area contributed by atoms with Crippen LogP contribution in [0.1, 0.15) is 16.7 Å². The van der Waals surface area contributed by atoms with Gasteiger partial charge in [-0.05, 0) is 48.7 Å². The SMILES string of the molecule is Cc1ccccc1CNc1ccnc(Nc2cccc(Cl)c2C)n1. The normalized spacial score (nSPS) is 10.5. The topological polar surface area (TPSA) is 49.8 Å². The summed E-state index contributed by atoms with van der Waals surface area (Å²) < 4.78 is 0. The lowest BCUT2D eigenvalue weighted by atomic mass is 10.1. The van der Waals surface area contributed by atoms with Crippen LogP contribution in [0.25, 0.3) is 0 Å². The molecule has 3 aromatic rings. The molecule has 1 aromatic heterocycles. The first-order valence-corrected chi connectivity index (χ1v) is 8.15. The number of hydrogen-bond donors (Lipinski definition) is 2. The molecule has 2 N–H and O–H groups in total. The van der Waals surface area contributed by atoms with E-state index in [0.29, 0.717) is 11.0 Å². The van der Waals surface area contributed by atoms with E-state index in [1.807, 2.05) is 43.3 Å². The van der Waals surface area contributed by atoms with Gasteiger partial charge in [-0.3, -0.25) is 0 Å². The number of halogens is 1. The quantitative estimate of drug-likeness (QED) is 0.679. The summed E-state index contributed by atoms with van der Waals surface area (Å²) in [5, 5.41) is 7.27. The highest BCUT2D eigenvalue weighted by Crippen LogP contribution is 2.25. The van der Waals surface area contributed by atoms with E-state index in [-0.39, 0.29) is 0 Å². The van der Waals surface area contributed by atoms with Crippen molar-refractivity contribution in [3.05, 3.63) is 76.4 Å². The summed E-state index contributed by atoms with van der Waals surface area (Å²) in [6.45, 7) is 4.79. The number of aryl methyl sites for hydroxylation is 1. The second kappa shape index (κ2) is 7.32. The van der Waals surface area contributed by atoms with Gasteiger partial charge in [0.15, 0.2) is 0 Å². The summed E-state index contributed by atoms with van der Waals surface area (Å²) in [6, 6.07) is 15.9. The molecule has 0 spiro atoms. The minimum absolute atomic E-state index is 0.537. The fraction of sp³-hybridized carbons (Fsp3) is 0.158. The Kier molecular flexibility index (Phi) is 4.96. The van der Waals surface area contributed by atoms with Gasteiger partial charge in [-0.2, -0.15) is 4.98 Å². The molecular formula is C19H19ClN4. The molecule has 3 rings (SSSR count). The van der Waals surface area contributed by atoms with Crippen LogP contribution in [0.3, 0.4) is 0 Å². The molecule has 0 aliphatic carbocycles.